The van der Waals surface area contributed by atoms with Gasteiger partial charge in [0.15, 0.2) is 21.0 Å². The molecule has 10 nitrogen and oxygen atoms in total. The average molecular weight is 397 g/mol. The third-order valence-electron chi connectivity index (χ3n) is 5.22. The molecule has 3 heterocycles. The van der Waals surface area contributed by atoms with E-state index >= 15 is 0 Å². The van der Waals surface area contributed by atoms with Gasteiger partial charge in [-0.1, -0.05) is 0 Å². The predicted octanol–water partition coefficient (Wildman–Crippen LogP) is -0.970. The van der Waals surface area contributed by atoms with Gasteiger partial charge in [-0.15, -0.1) is 0 Å². The first-order valence-corrected chi connectivity index (χ1v) is 10.5. The second kappa shape index (κ2) is 6.63. The number of fused-ring (bicyclic) bond motifs is 1. The molecule has 1 aliphatic heterocycles. The van der Waals surface area contributed by atoms with Gasteiger partial charge in [0.1, 0.15) is 6.04 Å². The number of nitrogens with zero attached hydrogens (tertiary/aromatic N) is 5. The Morgan fingerprint density at radius 3 is 2.56 bits per heavy atom. The minimum atomic E-state index is -3.13. The van der Waals surface area contributed by atoms with Crippen LogP contribution in [0, 0.1) is 0 Å². The second-order valence-corrected chi connectivity index (χ2v) is 9.12. The molecule has 148 valence electrons. The molecule has 2 aromatic rings. The van der Waals surface area contributed by atoms with Gasteiger partial charge in [-0.05, 0) is 20.3 Å². The molecule has 1 aliphatic rings. The van der Waals surface area contributed by atoms with Gasteiger partial charge in [0, 0.05) is 26.7 Å². The first kappa shape index (κ1) is 19.3. The van der Waals surface area contributed by atoms with Crippen molar-refractivity contribution in [2.45, 2.75) is 32.4 Å². The number of sulfone groups is 1. The van der Waals surface area contributed by atoms with Crippen LogP contribution in [0.3, 0.4) is 0 Å². The summed E-state index contributed by atoms with van der Waals surface area (Å²) >= 11 is 0. The molecule has 0 bridgehead atoms. The first-order chi connectivity index (χ1) is 12.6. The number of aromatic nitrogens is 4. The van der Waals surface area contributed by atoms with E-state index in [9.17, 15) is 22.8 Å². The highest BCUT2D eigenvalue weighted by molar-refractivity contribution is 7.91. The van der Waals surface area contributed by atoms with E-state index in [1.54, 1.807) is 18.7 Å². The lowest BCUT2D eigenvalue weighted by Gasteiger charge is -2.30. The molecule has 0 spiro atoms. The summed E-state index contributed by atoms with van der Waals surface area (Å²) in [4.78, 5) is 43.4. The molecular weight excluding hydrogens is 374 g/mol. The zero-order valence-electron chi connectivity index (χ0n) is 15.7. The Hall–Kier alpha value is -2.43. The lowest BCUT2D eigenvalue weighted by molar-refractivity contribution is -0.135. The van der Waals surface area contributed by atoms with E-state index in [0.717, 1.165) is 4.57 Å². The van der Waals surface area contributed by atoms with Crippen molar-refractivity contribution in [1.29, 1.82) is 0 Å². The number of rotatable bonds is 4. The van der Waals surface area contributed by atoms with Crippen molar-refractivity contribution >= 4 is 26.9 Å². The molecule has 2 unspecified atom stereocenters. The highest BCUT2D eigenvalue weighted by atomic mass is 32.2. The van der Waals surface area contributed by atoms with Gasteiger partial charge < -0.3 is 9.47 Å². The maximum atomic E-state index is 13.1. The third-order valence-corrected chi connectivity index (χ3v) is 6.97. The van der Waals surface area contributed by atoms with Crippen molar-refractivity contribution in [2.24, 2.45) is 14.1 Å². The number of aryl methyl sites for hydroxylation is 1. The fourth-order valence-corrected chi connectivity index (χ4v) is 5.36. The van der Waals surface area contributed by atoms with Crippen molar-refractivity contribution in [3.8, 4) is 0 Å². The summed E-state index contributed by atoms with van der Waals surface area (Å²) in [7, 11) is -0.245. The lowest BCUT2D eigenvalue weighted by Crippen LogP contribution is -2.44. The number of carbonyl (C=O) groups excluding carboxylic acids is 1. The van der Waals surface area contributed by atoms with E-state index in [-0.39, 0.29) is 34.6 Å². The Kier molecular flexibility index (Phi) is 4.74. The van der Waals surface area contributed by atoms with Crippen molar-refractivity contribution in [3.05, 3.63) is 27.2 Å². The highest BCUT2D eigenvalue weighted by Crippen LogP contribution is 2.22. The molecule has 1 fully saturated rings. The molecule has 3 rings (SSSR count). The largest absolute Gasteiger partial charge is 0.337 e. The molecule has 0 N–H and O–H groups in total. The predicted molar refractivity (Wildman–Crippen MR) is 99.4 cm³/mol. The van der Waals surface area contributed by atoms with E-state index < -0.39 is 27.1 Å². The highest BCUT2D eigenvalue weighted by Gasteiger charge is 2.36. The normalized spacial score (nSPS) is 20.1. The van der Waals surface area contributed by atoms with E-state index in [4.69, 9.17) is 0 Å². The summed E-state index contributed by atoms with van der Waals surface area (Å²) in [6.45, 7) is 3.80. The van der Waals surface area contributed by atoms with Gasteiger partial charge in [0.2, 0.25) is 5.91 Å². The van der Waals surface area contributed by atoms with Gasteiger partial charge in [0.05, 0.1) is 17.8 Å². The number of carbonyl (C=O) groups is 1. The molecule has 0 radical (unpaired) electrons. The van der Waals surface area contributed by atoms with E-state index in [1.807, 2.05) is 0 Å². The van der Waals surface area contributed by atoms with Crippen molar-refractivity contribution < 1.29 is 13.2 Å². The minimum absolute atomic E-state index is 0.0414. The Balaban J connectivity index is 2.03. The first-order valence-electron chi connectivity index (χ1n) is 8.72. The maximum Gasteiger partial charge on any atom is 0.332 e. The van der Waals surface area contributed by atoms with Gasteiger partial charge >= 0.3 is 5.69 Å². The van der Waals surface area contributed by atoms with Crippen LogP contribution in [-0.2, 0) is 28.7 Å². The fraction of sp³-hybridized carbons (Fsp3) is 0.625. The van der Waals surface area contributed by atoms with Crippen LogP contribution in [0.25, 0.3) is 11.2 Å². The van der Waals surface area contributed by atoms with Crippen molar-refractivity contribution in [2.75, 3.05) is 18.1 Å². The van der Waals surface area contributed by atoms with E-state index in [1.165, 1.54) is 29.6 Å². The Morgan fingerprint density at radius 2 is 2.00 bits per heavy atom. The van der Waals surface area contributed by atoms with Crippen molar-refractivity contribution in [3.63, 3.8) is 0 Å². The Labute approximate surface area is 155 Å². The quantitative estimate of drug-likeness (QED) is 0.655. The van der Waals surface area contributed by atoms with E-state index in [2.05, 4.69) is 4.98 Å². The topological polar surface area (TPSA) is 116 Å². The summed E-state index contributed by atoms with van der Waals surface area (Å²) < 4.78 is 27.2. The van der Waals surface area contributed by atoms with E-state index in [0.29, 0.717) is 13.0 Å². The second-order valence-electron chi connectivity index (χ2n) is 6.89. The molecule has 0 aliphatic carbocycles. The van der Waals surface area contributed by atoms with Crippen LogP contribution in [0.4, 0.5) is 0 Å². The van der Waals surface area contributed by atoms with Gasteiger partial charge in [0.25, 0.3) is 5.56 Å². The minimum Gasteiger partial charge on any atom is -0.337 e. The molecule has 2 atom stereocenters. The van der Waals surface area contributed by atoms with Crippen LogP contribution in [-0.4, -0.2) is 62.0 Å². The fourth-order valence-electron chi connectivity index (χ4n) is 3.63. The molecule has 0 aromatic carbocycles. The smallest absolute Gasteiger partial charge is 0.332 e. The number of hydrogen-bond donors (Lipinski definition) is 0. The van der Waals surface area contributed by atoms with Crippen LogP contribution >= 0.6 is 0 Å². The summed E-state index contributed by atoms with van der Waals surface area (Å²) in [6.07, 6.45) is 1.78. The number of likely N-dealkylation sites (N-methyl/N-ethyl adjacent to an activating group) is 1. The molecule has 2 aromatic heterocycles. The maximum absolute atomic E-state index is 13.1. The van der Waals surface area contributed by atoms with Crippen LogP contribution in [0.15, 0.2) is 15.9 Å². The Bertz CT molecular complexity index is 1130. The Morgan fingerprint density at radius 1 is 1.33 bits per heavy atom. The zero-order valence-corrected chi connectivity index (χ0v) is 16.6. The number of amides is 1. The number of hydrogen-bond acceptors (Lipinski definition) is 6. The van der Waals surface area contributed by atoms with Gasteiger partial charge in [-0.3, -0.25) is 18.7 Å². The monoisotopic (exact) mass is 397 g/mol. The van der Waals surface area contributed by atoms with Crippen molar-refractivity contribution in [1.82, 2.24) is 23.6 Å². The van der Waals surface area contributed by atoms with Gasteiger partial charge in [-0.25, -0.2) is 18.2 Å². The summed E-state index contributed by atoms with van der Waals surface area (Å²) in [5.74, 6) is -0.248. The molecular formula is C16H23N5O5S. The third kappa shape index (κ3) is 3.09. The SMILES string of the molecule is CCN(C(=O)C(C)n1cnc2c1c(=O)n(C)c(=O)n2C)C1CCS(=O)(=O)C1. The molecule has 1 saturated heterocycles. The molecule has 0 saturated carbocycles. The summed E-state index contributed by atoms with van der Waals surface area (Å²) in [5.41, 5.74) is -0.662. The van der Waals surface area contributed by atoms with Crippen LogP contribution < -0.4 is 11.2 Å². The number of imidazole rings is 1. The van der Waals surface area contributed by atoms with Gasteiger partial charge in [-0.2, -0.15) is 0 Å². The zero-order chi connectivity index (χ0) is 20.1. The van der Waals surface area contributed by atoms with Crippen LogP contribution in [0.5, 0.6) is 0 Å². The average Bonchev–Trinajstić information content (AvgIpc) is 3.21. The standard InChI is InChI=1S/C16H23N5O5S/c1-5-20(11-6-7-27(25,26)8-11)14(22)10(2)21-9-17-13-12(21)15(23)19(4)16(24)18(13)3/h9-11H,5-8H2,1-4H3. The molecule has 27 heavy (non-hydrogen) atoms. The lowest BCUT2D eigenvalue weighted by atomic mass is 10.2. The summed E-state index contributed by atoms with van der Waals surface area (Å²) in [6, 6.07) is -1.12. The van der Waals surface area contributed by atoms with Crippen LogP contribution in [0.1, 0.15) is 26.3 Å². The van der Waals surface area contributed by atoms with Crippen LogP contribution in [0.2, 0.25) is 0 Å². The molecule has 1 amide bonds. The molecule has 11 heteroatoms. The summed E-state index contributed by atoms with van der Waals surface area (Å²) in [5, 5.41) is 0.